The lowest BCUT2D eigenvalue weighted by Crippen LogP contribution is -2.55. The van der Waals surface area contributed by atoms with Crippen LogP contribution in [0.3, 0.4) is 0 Å². The number of aryl methyl sites for hydroxylation is 1. The lowest BCUT2D eigenvalue weighted by Gasteiger charge is -2.40. The molecule has 1 N–H and O–H groups in total. The number of para-hydroxylation sites is 1. The van der Waals surface area contributed by atoms with Crippen LogP contribution < -0.4 is 10.1 Å². The number of aromatic nitrogens is 1. The van der Waals surface area contributed by atoms with Gasteiger partial charge in [-0.1, -0.05) is 37.8 Å². The van der Waals surface area contributed by atoms with Gasteiger partial charge >= 0.3 is 6.03 Å². The third-order valence-corrected chi connectivity index (χ3v) is 8.17. The molecule has 8 heteroatoms. The summed E-state index contributed by atoms with van der Waals surface area (Å²) < 4.78 is 5.81. The summed E-state index contributed by atoms with van der Waals surface area (Å²) in [6.45, 7) is 11.2. The molecule has 0 unspecified atom stereocenters. The summed E-state index contributed by atoms with van der Waals surface area (Å²) in [4.78, 5) is 35.6. The molecular weight excluding hydrogens is 448 g/mol. The van der Waals surface area contributed by atoms with Gasteiger partial charge in [-0.25, -0.2) is 9.78 Å². The molecule has 0 aliphatic carbocycles. The smallest absolute Gasteiger partial charge is 0.325 e. The van der Waals surface area contributed by atoms with Gasteiger partial charge in [0.25, 0.3) is 5.91 Å². The molecule has 0 radical (unpaired) electrons. The van der Waals surface area contributed by atoms with Gasteiger partial charge in [0.15, 0.2) is 0 Å². The minimum atomic E-state index is -0.795. The molecule has 0 saturated carbocycles. The van der Waals surface area contributed by atoms with Crippen LogP contribution >= 0.6 is 11.3 Å². The van der Waals surface area contributed by atoms with Crippen LogP contribution in [0.15, 0.2) is 42.4 Å². The quantitative estimate of drug-likeness (QED) is 0.406. The number of ether oxygens (including phenoxy) is 1. The van der Waals surface area contributed by atoms with Gasteiger partial charge in [-0.2, -0.15) is 0 Å². The molecule has 1 aromatic heterocycles. The van der Waals surface area contributed by atoms with Crippen molar-refractivity contribution in [2.75, 3.05) is 26.2 Å². The zero-order valence-corrected chi connectivity index (χ0v) is 20.9. The predicted molar refractivity (Wildman–Crippen MR) is 134 cm³/mol. The first-order valence-electron chi connectivity index (χ1n) is 12.1. The third kappa shape index (κ3) is 4.88. The molecule has 4 rings (SSSR count). The Balaban J connectivity index is 1.38. The Hall–Kier alpha value is -2.71. The van der Waals surface area contributed by atoms with Gasteiger partial charge in [0.05, 0.1) is 11.2 Å². The highest BCUT2D eigenvalue weighted by Crippen LogP contribution is 2.37. The molecule has 2 aromatic rings. The average Bonchev–Trinajstić information content (AvgIpc) is 3.37. The van der Waals surface area contributed by atoms with Crippen molar-refractivity contribution in [3.05, 3.63) is 58.6 Å². The zero-order chi connectivity index (χ0) is 24.1. The SMILES string of the molecule is C=CCOc1ccccc1CN1CCC([C@@]2(CC)NC(=O)N(CCc3scnc3C)C2=O)CC1. The molecule has 1 atom stereocenters. The predicted octanol–water partition coefficient (Wildman–Crippen LogP) is 4.17. The standard InChI is InChI=1S/C26H34N4O3S/c1-4-16-33-22-9-7-6-8-20(22)17-29-13-10-21(11-14-29)26(5-2)24(31)30(25(32)28-26)15-12-23-19(3)27-18-34-23/h4,6-9,18,21H,1,5,10-17H2,2-3H3,(H,28,32)/t26-/m1/s1. The number of thiazole rings is 1. The Labute approximate surface area is 205 Å². The topological polar surface area (TPSA) is 74.8 Å². The molecule has 3 amide bonds. The highest BCUT2D eigenvalue weighted by molar-refractivity contribution is 7.09. The number of nitrogens with zero attached hydrogens (tertiary/aromatic N) is 3. The fourth-order valence-electron chi connectivity index (χ4n) is 5.18. The van der Waals surface area contributed by atoms with Gasteiger partial charge in [0, 0.05) is 30.0 Å². The Morgan fingerprint density at radius 2 is 2.06 bits per heavy atom. The van der Waals surface area contributed by atoms with Crippen LogP contribution in [0.2, 0.25) is 0 Å². The molecule has 0 spiro atoms. The summed E-state index contributed by atoms with van der Waals surface area (Å²) in [7, 11) is 0. The number of urea groups is 1. The van der Waals surface area contributed by atoms with Crippen molar-refractivity contribution in [1.82, 2.24) is 20.1 Å². The van der Waals surface area contributed by atoms with Gasteiger partial charge in [-0.3, -0.25) is 14.6 Å². The number of nitrogens with one attached hydrogen (secondary N) is 1. The van der Waals surface area contributed by atoms with E-state index in [0.29, 0.717) is 26.0 Å². The van der Waals surface area contributed by atoms with Crippen molar-refractivity contribution in [1.29, 1.82) is 0 Å². The number of piperidine rings is 1. The van der Waals surface area contributed by atoms with Crippen molar-refractivity contribution >= 4 is 23.3 Å². The Morgan fingerprint density at radius 3 is 2.74 bits per heavy atom. The van der Waals surface area contributed by atoms with Crippen LogP contribution in [0.25, 0.3) is 0 Å². The Morgan fingerprint density at radius 1 is 1.29 bits per heavy atom. The van der Waals surface area contributed by atoms with Crippen molar-refractivity contribution in [2.45, 2.75) is 51.6 Å². The maximum Gasteiger partial charge on any atom is 0.325 e. The maximum absolute atomic E-state index is 13.5. The fourth-order valence-corrected chi connectivity index (χ4v) is 5.95. The van der Waals surface area contributed by atoms with Gasteiger partial charge in [-0.15, -0.1) is 11.3 Å². The van der Waals surface area contributed by atoms with Crippen LogP contribution in [0.5, 0.6) is 5.75 Å². The van der Waals surface area contributed by atoms with Crippen LogP contribution in [-0.4, -0.2) is 58.5 Å². The average molecular weight is 483 g/mol. The zero-order valence-electron chi connectivity index (χ0n) is 20.1. The minimum Gasteiger partial charge on any atom is -0.489 e. The van der Waals surface area contributed by atoms with E-state index in [4.69, 9.17) is 4.74 Å². The lowest BCUT2D eigenvalue weighted by molar-refractivity contribution is -0.134. The summed E-state index contributed by atoms with van der Waals surface area (Å²) in [6, 6.07) is 7.85. The molecule has 2 aliphatic heterocycles. The largest absolute Gasteiger partial charge is 0.489 e. The van der Waals surface area contributed by atoms with E-state index in [1.54, 1.807) is 17.4 Å². The van der Waals surface area contributed by atoms with E-state index in [2.05, 4.69) is 27.8 Å². The van der Waals surface area contributed by atoms with E-state index in [1.165, 1.54) is 4.90 Å². The lowest BCUT2D eigenvalue weighted by atomic mass is 9.75. The van der Waals surface area contributed by atoms with Crippen molar-refractivity contribution in [3.8, 4) is 5.75 Å². The fraction of sp³-hybridized carbons (Fsp3) is 0.500. The van der Waals surface area contributed by atoms with E-state index >= 15 is 0 Å². The van der Waals surface area contributed by atoms with E-state index in [0.717, 1.165) is 54.4 Å². The van der Waals surface area contributed by atoms with E-state index in [1.807, 2.05) is 37.6 Å². The van der Waals surface area contributed by atoms with Crippen molar-refractivity contribution < 1.29 is 14.3 Å². The summed E-state index contributed by atoms with van der Waals surface area (Å²) >= 11 is 1.58. The Kier molecular flexibility index (Phi) is 7.68. The second-order valence-electron chi connectivity index (χ2n) is 9.08. The number of benzene rings is 1. The van der Waals surface area contributed by atoms with Crippen LogP contribution in [0.1, 0.15) is 42.3 Å². The number of hydrogen-bond acceptors (Lipinski definition) is 6. The third-order valence-electron chi connectivity index (χ3n) is 7.17. The van der Waals surface area contributed by atoms with Gasteiger partial charge < -0.3 is 10.1 Å². The van der Waals surface area contributed by atoms with E-state index < -0.39 is 5.54 Å². The first kappa shape index (κ1) is 24.4. The molecule has 34 heavy (non-hydrogen) atoms. The monoisotopic (exact) mass is 482 g/mol. The Bertz CT molecular complexity index is 1030. The van der Waals surface area contributed by atoms with Crippen LogP contribution in [0.4, 0.5) is 4.79 Å². The molecular formula is C26H34N4O3S. The van der Waals surface area contributed by atoms with Crippen LogP contribution in [0, 0.1) is 12.8 Å². The van der Waals surface area contributed by atoms with E-state index in [9.17, 15) is 9.59 Å². The number of hydrogen-bond donors (Lipinski definition) is 1. The molecule has 3 heterocycles. The number of amides is 3. The second kappa shape index (κ2) is 10.7. The first-order valence-corrected chi connectivity index (χ1v) is 12.9. The number of likely N-dealkylation sites (tertiary alicyclic amines) is 1. The van der Waals surface area contributed by atoms with Crippen molar-refractivity contribution in [3.63, 3.8) is 0 Å². The summed E-state index contributed by atoms with van der Waals surface area (Å²) in [5.41, 5.74) is 3.15. The van der Waals surface area contributed by atoms with Crippen LogP contribution in [-0.2, 0) is 17.8 Å². The van der Waals surface area contributed by atoms with Gasteiger partial charge in [-0.05, 0) is 51.3 Å². The molecule has 2 aliphatic rings. The van der Waals surface area contributed by atoms with E-state index in [-0.39, 0.29) is 17.9 Å². The number of imide groups is 1. The first-order chi connectivity index (χ1) is 16.5. The molecule has 182 valence electrons. The normalized spacial score (nSPS) is 21.6. The number of carbonyl (C=O) groups is 2. The molecule has 2 saturated heterocycles. The van der Waals surface area contributed by atoms with Gasteiger partial charge in [0.2, 0.25) is 0 Å². The highest BCUT2D eigenvalue weighted by Gasteiger charge is 2.54. The summed E-state index contributed by atoms with van der Waals surface area (Å²) in [6.07, 6.45) is 4.76. The maximum atomic E-state index is 13.5. The number of rotatable bonds is 10. The molecule has 1 aromatic carbocycles. The molecule has 2 fully saturated rings. The highest BCUT2D eigenvalue weighted by atomic mass is 32.1. The minimum absolute atomic E-state index is 0.0659. The molecule has 7 nitrogen and oxygen atoms in total. The second-order valence-corrected chi connectivity index (χ2v) is 10.0. The van der Waals surface area contributed by atoms with Crippen molar-refractivity contribution in [2.24, 2.45) is 5.92 Å². The number of carbonyl (C=O) groups excluding carboxylic acids is 2. The molecule has 0 bridgehead atoms. The van der Waals surface area contributed by atoms with Gasteiger partial charge in [0.1, 0.15) is 17.9 Å². The summed E-state index contributed by atoms with van der Waals surface area (Å²) in [5.74, 6) is 0.955. The summed E-state index contributed by atoms with van der Waals surface area (Å²) in [5, 5.41) is 3.11.